The number of sulfonamides is 1. The Balaban J connectivity index is 1.58. The Morgan fingerprint density at radius 3 is 2.37 bits per heavy atom. The summed E-state index contributed by atoms with van der Waals surface area (Å²) in [5, 5.41) is 24.5. The first-order chi connectivity index (χ1) is 27.5. The molecule has 0 saturated heterocycles. The van der Waals surface area contributed by atoms with E-state index in [9.17, 15) is 35.9 Å². The molecule has 0 radical (unpaired) electrons. The minimum absolute atomic E-state index is 0.000138. The van der Waals surface area contributed by atoms with E-state index in [1.165, 1.54) is 38.6 Å². The number of hydrogen-bond donors (Lipinski definition) is 4. The fourth-order valence-corrected chi connectivity index (χ4v) is 7.99. The maximum absolute atomic E-state index is 15.7. The summed E-state index contributed by atoms with van der Waals surface area (Å²) >= 11 is 6.62. The largest absolute Gasteiger partial charge is 0.386 e. The van der Waals surface area contributed by atoms with E-state index in [1.54, 1.807) is 19.2 Å². The van der Waals surface area contributed by atoms with Crippen LogP contribution in [0.15, 0.2) is 36.4 Å². The van der Waals surface area contributed by atoms with Crippen LogP contribution in [0, 0.1) is 29.4 Å². The molecule has 6 rings (SSSR count). The van der Waals surface area contributed by atoms with Crippen LogP contribution in [-0.4, -0.2) is 62.9 Å². The van der Waals surface area contributed by atoms with Gasteiger partial charge >= 0.3 is 0 Å². The molecule has 59 heavy (non-hydrogen) atoms. The molecule has 0 bridgehead atoms. The molecule has 0 fully saturated rings. The summed E-state index contributed by atoms with van der Waals surface area (Å²) in [6, 6.07) is 5.95. The maximum Gasteiger partial charge on any atom is 0.292 e. The van der Waals surface area contributed by atoms with Gasteiger partial charge in [-0.3, -0.25) is 18.9 Å². The molecule has 314 valence electrons. The predicted molar refractivity (Wildman–Crippen MR) is 210 cm³/mol. The van der Waals surface area contributed by atoms with Crippen LogP contribution in [0.3, 0.4) is 0 Å². The summed E-state index contributed by atoms with van der Waals surface area (Å²) in [4.78, 5) is 18.9. The zero-order valence-electron chi connectivity index (χ0n) is 32.5. The molecule has 2 atom stereocenters. The number of aliphatic hydroxyl groups is 1. The summed E-state index contributed by atoms with van der Waals surface area (Å²) in [6.45, 7) is 3.42. The Morgan fingerprint density at radius 2 is 1.78 bits per heavy atom. The Labute approximate surface area is 340 Å². The zero-order chi connectivity index (χ0) is 43.4. The number of alkyl halides is 4. The number of carbonyl (C=O) groups excluding carboxylic acids is 1. The third-order valence-electron chi connectivity index (χ3n) is 9.70. The molecule has 12 nitrogen and oxygen atoms in total. The van der Waals surface area contributed by atoms with Crippen molar-refractivity contribution < 1.29 is 44.7 Å². The van der Waals surface area contributed by atoms with Crippen molar-refractivity contribution in [3.8, 4) is 23.0 Å². The number of halogens is 7. The van der Waals surface area contributed by atoms with Gasteiger partial charge in [-0.05, 0) is 68.9 Å². The van der Waals surface area contributed by atoms with E-state index in [1.807, 2.05) is 0 Å². The third kappa shape index (κ3) is 8.99. The molecule has 2 unspecified atom stereocenters. The van der Waals surface area contributed by atoms with Gasteiger partial charge in [0.2, 0.25) is 15.9 Å². The Morgan fingerprint density at radius 1 is 1.10 bits per heavy atom. The molecule has 20 heteroatoms. The number of hydrogen-bond acceptors (Lipinski definition) is 8. The highest BCUT2D eigenvalue weighted by molar-refractivity contribution is 7.92. The second-order valence-corrected chi connectivity index (χ2v) is 16.9. The maximum atomic E-state index is 15.7. The van der Waals surface area contributed by atoms with Crippen LogP contribution in [0.4, 0.5) is 37.8 Å². The van der Waals surface area contributed by atoms with Gasteiger partial charge in [0.05, 0.1) is 39.6 Å². The second kappa shape index (κ2) is 16.0. The topological polar surface area (TPSA) is 156 Å². The van der Waals surface area contributed by atoms with Gasteiger partial charge in [0, 0.05) is 42.8 Å². The number of pyridine rings is 1. The average Bonchev–Trinajstić information content (AvgIpc) is 3.73. The number of fused-ring (bicyclic) bond motifs is 2. The van der Waals surface area contributed by atoms with E-state index in [2.05, 4.69) is 37.4 Å². The van der Waals surface area contributed by atoms with Crippen molar-refractivity contribution in [2.75, 3.05) is 23.3 Å². The van der Waals surface area contributed by atoms with Gasteiger partial charge in [-0.15, -0.1) is 0 Å². The van der Waals surface area contributed by atoms with Crippen LogP contribution >= 0.6 is 11.6 Å². The first-order valence-corrected chi connectivity index (χ1v) is 20.4. The lowest BCUT2D eigenvalue weighted by Crippen LogP contribution is -2.35. The quantitative estimate of drug-likeness (QED) is 0.0772. The molecule has 0 spiro atoms. The molecule has 3 aromatic heterocycles. The average molecular weight is 865 g/mol. The van der Waals surface area contributed by atoms with Crippen molar-refractivity contribution in [2.45, 2.75) is 70.6 Å². The van der Waals surface area contributed by atoms with E-state index >= 15 is 8.78 Å². The van der Waals surface area contributed by atoms with E-state index in [0.717, 1.165) is 18.4 Å². The molecule has 3 heterocycles. The van der Waals surface area contributed by atoms with Crippen molar-refractivity contribution in [3.63, 3.8) is 0 Å². The smallest absolute Gasteiger partial charge is 0.292 e. The van der Waals surface area contributed by atoms with Crippen molar-refractivity contribution >= 4 is 49.9 Å². The second-order valence-electron chi connectivity index (χ2n) is 14.7. The summed E-state index contributed by atoms with van der Waals surface area (Å²) in [7, 11) is -0.766. The summed E-state index contributed by atoms with van der Waals surface area (Å²) < 4.78 is 118. The van der Waals surface area contributed by atoms with Crippen LogP contribution in [0.2, 0.25) is 5.02 Å². The lowest BCUT2D eigenvalue weighted by Gasteiger charge is -2.24. The molecule has 5 aromatic rings. The van der Waals surface area contributed by atoms with Gasteiger partial charge in [-0.1, -0.05) is 30.5 Å². The van der Waals surface area contributed by atoms with Gasteiger partial charge in [0.15, 0.2) is 5.82 Å². The molecule has 2 aromatic carbocycles. The highest BCUT2D eigenvalue weighted by atomic mass is 35.5. The number of aryl methyl sites for hydroxylation is 1. The van der Waals surface area contributed by atoms with Gasteiger partial charge in [-0.25, -0.2) is 31.0 Å². The SMILES string of the molecule is CCC1Cc2c(C(F)F)nn(CC(=O)NC(Cc3cc(F)cc(F)c3)c3nc(C#CC(C)(C)O)c(NC)cc3-c3ccc(Cl)c4c(NS(C)(=O)=O)nn(C)c34)c2C1(F)F. The lowest BCUT2D eigenvalue weighted by molar-refractivity contribution is -0.123. The fraction of sp³-hybridized carbons (Fsp3) is 0.385. The van der Waals surface area contributed by atoms with Crippen LogP contribution < -0.4 is 15.4 Å². The van der Waals surface area contributed by atoms with E-state index < -0.39 is 75.4 Å². The Hall–Kier alpha value is -5.32. The molecule has 4 N–H and O–H groups in total. The van der Waals surface area contributed by atoms with Crippen LogP contribution in [-0.2, 0) is 47.2 Å². The highest BCUT2D eigenvalue weighted by Gasteiger charge is 2.52. The number of nitrogens with one attached hydrogen (secondary N) is 3. The summed E-state index contributed by atoms with van der Waals surface area (Å²) in [5.41, 5.74) is -2.26. The number of amides is 1. The monoisotopic (exact) mass is 864 g/mol. The zero-order valence-corrected chi connectivity index (χ0v) is 34.1. The van der Waals surface area contributed by atoms with Crippen LogP contribution in [0.1, 0.15) is 73.6 Å². The van der Waals surface area contributed by atoms with Gasteiger partial charge < -0.3 is 15.7 Å². The fourth-order valence-electron chi connectivity index (χ4n) is 7.26. The molecule has 1 aliphatic rings. The number of anilines is 2. The standard InChI is InChI=1S/C39H39ClF6N8O4S/c1-7-20-15-25-33(36(43)44)50-54(35(25)39(20,45)46)18-30(55)48-29(14-19-12-21(41)16-22(42)13-19)32-24(17-28(47-4)27(49-32)10-11-38(2,3)56)23-8-9-26(40)31-34(23)53(5)51-37(31)52-59(6,57)58/h8-9,12-13,16-17,20,29,36,47,56H,7,14-15,18H2,1-6H3,(H,48,55)(H,51,52). The van der Waals surface area contributed by atoms with Crippen LogP contribution in [0.5, 0.6) is 0 Å². The van der Waals surface area contributed by atoms with E-state index in [0.29, 0.717) is 22.0 Å². The lowest BCUT2D eigenvalue weighted by atomic mass is 9.93. The first kappa shape index (κ1) is 43.3. The predicted octanol–water partition coefficient (Wildman–Crippen LogP) is 7.01. The molecular formula is C39H39ClF6N8O4S. The van der Waals surface area contributed by atoms with Crippen molar-refractivity contribution in [2.24, 2.45) is 13.0 Å². The van der Waals surface area contributed by atoms with Crippen molar-refractivity contribution in [3.05, 3.63) is 87.0 Å². The third-order valence-corrected chi connectivity index (χ3v) is 10.6. The summed E-state index contributed by atoms with van der Waals surface area (Å²) in [6.07, 6.45) is -3.03. The number of carbonyl (C=O) groups is 1. The summed E-state index contributed by atoms with van der Waals surface area (Å²) in [5.74, 6) is -2.38. The van der Waals surface area contributed by atoms with Gasteiger partial charge in [0.1, 0.15) is 40.9 Å². The normalized spacial score (nSPS) is 15.5. The molecule has 0 aliphatic heterocycles. The van der Waals surface area contributed by atoms with Gasteiger partial charge in [0.25, 0.3) is 12.3 Å². The highest BCUT2D eigenvalue weighted by Crippen LogP contribution is 2.50. The number of benzene rings is 2. The van der Waals surface area contributed by atoms with Crippen molar-refractivity contribution in [1.82, 2.24) is 29.9 Å². The van der Waals surface area contributed by atoms with Crippen LogP contribution in [0.25, 0.3) is 22.0 Å². The number of rotatable bonds is 12. The van der Waals surface area contributed by atoms with Gasteiger partial charge in [-0.2, -0.15) is 19.0 Å². The number of aromatic nitrogens is 5. The Bertz CT molecular complexity index is 2630. The van der Waals surface area contributed by atoms with E-state index in [4.69, 9.17) is 16.6 Å². The minimum atomic E-state index is -3.85. The number of nitrogens with zero attached hydrogens (tertiary/aromatic N) is 5. The minimum Gasteiger partial charge on any atom is -0.386 e. The molecule has 0 saturated carbocycles. The molecular weight excluding hydrogens is 826 g/mol. The van der Waals surface area contributed by atoms with Crippen molar-refractivity contribution in [1.29, 1.82) is 0 Å². The molecule has 1 aliphatic carbocycles. The first-order valence-electron chi connectivity index (χ1n) is 18.1. The Kier molecular flexibility index (Phi) is 11.8. The molecule has 1 amide bonds. The van der Waals surface area contributed by atoms with E-state index in [-0.39, 0.29) is 69.1 Å².